The number of phenolic OH excluding ortho intramolecular Hbond substituents is 1. The highest BCUT2D eigenvalue weighted by Crippen LogP contribution is 2.38. The zero-order valence-corrected chi connectivity index (χ0v) is 10.2. The lowest BCUT2D eigenvalue weighted by Gasteiger charge is -2.22. The van der Waals surface area contributed by atoms with Crippen molar-refractivity contribution >= 4 is 0 Å². The molecule has 88 valence electrons. The molecular formula is C14H21NO. The van der Waals surface area contributed by atoms with Crippen molar-refractivity contribution in [2.75, 3.05) is 19.6 Å². The first-order chi connectivity index (χ1) is 7.76. The molecular weight excluding hydrogens is 198 g/mol. The minimum atomic E-state index is 0.486. The van der Waals surface area contributed by atoms with Crippen molar-refractivity contribution in [2.24, 2.45) is 0 Å². The van der Waals surface area contributed by atoms with E-state index in [4.69, 9.17) is 0 Å². The standard InChI is InChI=1S/C14H21NO/c1-3-15(4-2)10-11-8-9-13-12(11)6-5-7-14(13)16/h5-7,11,16H,3-4,8-10H2,1-2H3. The zero-order valence-electron chi connectivity index (χ0n) is 10.2. The molecule has 0 fully saturated rings. The van der Waals surface area contributed by atoms with E-state index in [0.717, 1.165) is 26.1 Å². The van der Waals surface area contributed by atoms with Crippen LogP contribution in [0.2, 0.25) is 0 Å². The van der Waals surface area contributed by atoms with E-state index in [-0.39, 0.29) is 0 Å². The Labute approximate surface area is 97.9 Å². The number of fused-ring (bicyclic) bond motifs is 1. The monoisotopic (exact) mass is 219 g/mol. The first-order valence-corrected chi connectivity index (χ1v) is 6.29. The number of benzene rings is 1. The van der Waals surface area contributed by atoms with Gasteiger partial charge in [0.05, 0.1) is 0 Å². The van der Waals surface area contributed by atoms with Crippen LogP contribution in [0.5, 0.6) is 5.75 Å². The number of hydrogen-bond donors (Lipinski definition) is 1. The molecule has 2 heteroatoms. The number of rotatable bonds is 4. The second-order valence-electron chi connectivity index (χ2n) is 4.57. The normalized spacial score (nSPS) is 19.1. The fourth-order valence-corrected chi connectivity index (χ4v) is 2.70. The minimum Gasteiger partial charge on any atom is -0.508 e. The van der Waals surface area contributed by atoms with Gasteiger partial charge in [-0.2, -0.15) is 0 Å². The molecule has 1 aliphatic carbocycles. The molecule has 0 heterocycles. The number of phenols is 1. The second kappa shape index (κ2) is 4.88. The molecule has 1 aromatic carbocycles. The van der Waals surface area contributed by atoms with Crippen molar-refractivity contribution in [1.82, 2.24) is 4.90 Å². The van der Waals surface area contributed by atoms with Crippen LogP contribution in [0.3, 0.4) is 0 Å². The van der Waals surface area contributed by atoms with Gasteiger partial charge in [0, 0.05) is 6.54 Å². The summed E-state index contributed by atoms with van der Waals surface area (Å²) in [7, 11) is 0. The van der Waals surface area contributed by atoms with Gasteiger partial charge in [-0.3, -0.25) is 0 Å². The average molecular weight is 219 g/mol. The van der Waals surface area contributed by atoms with E-state index in [2.05, 4.69) is 24.8 Å². The van der Waals surface area contributed by atoms with Crippen LogP contribution < -0.4 is 0 Å². The van der Waals surface area contributed by atoms with E-state index in [1.165, 1.54) is 17.5 Å². The molecule has 2 rings (SSSR count). The van der Waals surface area contributed by atoms with Crippen molar-refractivity contribution in [3.63, 3.8) is 0 Å². The summed E-state index contributed by atoms with van der Waals surface area (Å²) in [6, 6.07) is 5.95. The van der Waals surface area contributed by atoms with Crippen molar-refractivity contribution in [2.45, 2.75) is 32.6 Å². The highest BCUT2D eigenvalue weighted by atomic mass is 16.3. The molecule has 1 N–H and O–H groups in total. The Morgan fingerprint density at radius 3 is 2.75 bits per heavy atom. The lowest BCUT2D eigenvalue weighted by molar-refractivity contribution is 0.282. The predicted octanol–water partition coefficient (Wildman–Crippen LogP) is 2.76. The van der Waals surface area contributed by atoms with Crippen LogP contribution in [0.15, 0.2) is 18.2 Å². The summed E-state index contributed by atoms with van der Waals surface area (Å²) in [4.78, 5) is 2.46. The number of hydrogen-bond acceptors (Lipinski definition) is 2. The van der Waals surface area contributed by atoms with E-state index in [1.54, 1.807) is 6.07 Å². The van der Waals surface area contributed by atoms with Gasteiger partial charge in [0.1, 0.15) is 5.75 Å². The molecule has 0 saturated heterocycles. The van der Waals surface area contributed by atoms with E-state index < -0.39 is 0 Å². The molecule has 0 bridgehead atoms. The molecule has 1 aromatic rings. The summed E-state index contributed by atoms with van der Waals surface area (Å²) >= 11 is 0. The average Bonchev–Trinajstić information content (AvgIpc) is 2.71. The van der Waals surface area contributed by atoms with Crippen LogP contribution in [0, 0.1) is 0 Å². The van der Waals surface area contributed by atoms with Crippen LogP contribution in [-0.4, -0.2) is 29.6 Å². The third-order valence-electron chi connectivity index (χ3n) is 3.74. The van der Waals surface area contributed by atoms with Gasteiger partial charge in [0.2, 0.25) is 0 Å². The Morgan fingerprint density at radius 1 is 1.31 bits per heavy atom. The second-order valence-corrected chi connectivity index (χ2v) is 4.57. The van der Waals surface area contributed by atoms with E-state index >= 15 is 0 Å². The summed E-state index contributed by atoms with van der Waals surface area (Å²) in [5.74, 6) is 1.10. The predicted molar refractivity (Wildman–Crippen MR) is 67.0 cm³/mol. The Hall–Kier alpha value is -1.02. The first-order valence-electron chi connectivity index (χ1n) is 6.29. The number of aromatic hydroxyl groups is 1. The van der Waals surface area contributed by atoms with E-state index in [1.807, 2.05) is 6.07 Å². The van der Waals surface area contributed by atoms with Crippen molar-refractivity contribution in [1.29, 1.82) is 0 Å². The molecule has 0 spiro atoms. The fraction of sp³-hybridized carbons (Fsp3) is 0.571. The summed E-state index contributed by atoms with van der Waals surface area (Å²) in [6.07, 6.45) is 2.22. The van der Waals surface area contributed by atoms with Gasteiger partial charge < -0.3 is 10.0 Å². The summed E-state index contributed by atoms with van der Waals surface area (Å²) in [5, 5.41) is 9.78. The maximum atomic E-state index is 9.78. The summed E-state index contributed by atoms with van der Waals surface area (Å²) in [5.41, 5.74) is 2.55. The molecule has 2 nitrogen and oxygen atoms in total. The van der Waals surface area contributed by atoms with Gasteiger partial charge in [-0.05, 0) is 49.0 Å². The largest absolute Gasteiger partial charge is 0.508 e. The SMILES string of the molecule is CCN(CC)CC1CCc2c(O)cccc21. The molecule has 0 aliphatic heterocycles. The quantitative estimate of drug-likeness (QED) is 0.841. The molecule has 0 radical (unpaired) electrons. The third-order valence-corrected chi connectivity index (χ3v) is 3.74. The Balaban J connectivity index is 2.14. The highest BCUT2D eigenvalue weighted by molar-refractivity contribution is 5.44. The lowest BCUT2D eigenvalue weighted by atomic mass is 10.0. The third kappa shape index (κ3) is 2.07. The number of nitrogens with zero attached hydrogens (tertiary/aromatic N) is 1. The van der Waals surface area contributed by atoms with Crippen molar-refractivity contribution in [3.8, 4) is 5.75 Å². The Kier molecular flexibility index (Phi) is 3.49. The highest BCUT2D eigenvalue weighted by Gasteiger charge is 2.25. The fourth-order valence-electron chi connectivity index (χ4n) is 2.70. The Morgan fingerprint density at radius 2 is 2.06 bits per heavy atom. The lowest BCUT2D eigenvalue weighted by Crippen LogP contribution is -2.27. The van der Waals surface area contributed by atoms with Crippen molar-refractivity contribution in [3.05, 3.63) is 29.3 Å². The molecule has 1 aliphatic rings. The topological polar surface area (TPSA) is 23.5 Å². The van der Waals surface area contributed by atoms with Gasteiger partial charge in [-0.15, -0.1) is 0 Å². The smallest absolute Gasteiger partial charge is 0.119 e. The molecule has 1 atom stereocenters. The zero-order chi connectivity index (χ0) is 11.5. The number of likely N-dealkylation sites (N-methyl/N-ethyl adjacent to an activating group) is 1. The Bertz CT molecular complexity index is 358. The summed E-state index contributed by atoms with van der Waals surface area (Å²) in [6.45, 7) is 7.77. The van der Waals surface area contributed by atoms with Gasteiger partial charge >= 0.3 is 0 Å². The van der Waals surface area contributed by atoms with Gasteiger partial charge in [-0.1, -0.05) is 26.0 Å². The summed E-state index contributed by atoms with van der Waals surface area (Å²) < 4.78 is 0. The van der Waals surface area contributed by atoms with E-state index in [0.29, 0.717) is 11.7 Å². The van der Waals surface area contributed by atoms with Crippen LogP contribution in [0.4, 0.5) is 0 Å². The minimum absolute atomic E-state index is 0.486. The molecule has 0 saturated carbocycles. The molecule has 16 heavy (non-hydrogen) atoms. The molecule has 1 unspecified atom stereocenters. The van der Waals surface area contributed by atoms with E-state index in [9.17, 15) is 5.11 Å². The maximum Gasteiger partial charge on any atom is 0.119 e. The molecule has 0 amide bonds. The van der Waals surface area contributed by atoms with Crippen LogP contribution in [0.25, 0.3) is 0 Å². The van der Waals surface area contributed by atoms with Gasteiger partial charge in [0.25, 0.3) is 0 Å². The van der Waals surface area contributed by atoms with Crippen LogP contribution in [-0.2, 0) is 6.42 Å². The van der Waals surface area contributed by atoms with Gasteiger partial charge in [0.15, 0.2) is 0 Å². The van der Waals surface area contributed by atoms with Crippen molar-refractivity contribution < 1.29 is 5.11 Å². The molecule has 0 aromatic heterocycles. The first kappa shape index (κ1) is 11.5. The van der Waals surface area contributed by atoms with Gasteiger partial charge in [-0.25, -0.2) is 0 Å². The maximum absolute atomic E-state index is 9.78. The van der Waals surface area contributed by atoms with Crippen LogP contribution in [0.1, 0.15) is 37.3 Å². The van der Waals surface area contributed by atoms with Crippen LogP contribution >= 0.6 is 0 Å².